The van der Waals surface area contributed by atoms with Crippen molar-refractivity contribution < 1.29 is 18.0 Å². The zero-order chi connectivity index (χ0) is 24.6. The number of hydrogen-bond donors (Lipinski definition) is 1. The van der Waals surface area contributed by atoms with Gasteiger partial charge >= 0.3 is 6.18 Å². The maximum Gasteiger partial charge on any atom is 0.416 e. The van der Waals surface area contributed by atoms with E-state index in [1.54, 1.807) is 19.0 Å². The molecule has 0 radical (unpaired) electrons. The van der Waals surface area contributed by atoms with Crippen LogP contribution in [0, 0.1) is 6.92 Å². The Kier molecular flexibility index (Phi) is 6.17. The molecule has 4 aromatic rings. The Hall–Kier alpha value is -3.68. The van der Waals surface area contributed by atoms with E-state index in [1.807, 2.05) is 44.2 Å². The van der Waals surface area contributed by atoms with Gasteiger partial charge in [-0.3, -0.25) is 9.89 Å². The summed E-state index contributed by atoms with van der Waals surface area (Å²) in [5.74, 6) is -0.382. The number of fused-ring (bicyclic) bond motifs is 1. The van der Waals surface area contributed by atoms with Crippen LogP contribution >= 0.6 is 0 Å². The van der Waals surface area contributed by atoms with Crippen LogP contribution in [0.5, 0.6) is 0 Å². The Morgan fingerprint density at radius 3 is 2.50 bits per heavy atom. The molecule has 0 aliphatic heterocycles. The van der Waals surface area contributed by atoms with Crippen LogP contribution in [0.15, 0.2) is 48.5 Å². The number of Topliss-reactive ketones (excluding diaryl/α,β-unsaturated/α-hetero) is 1. The first-order chi connectivity index (χ1) is 16.1. The van der Waals surface area contributed by atoms with E-state index in [1.165, 1.54) is 6.07 Å². The third-order valence-electron chi connectivity index (χ3n) is 5.88. The van der Waals surface area contributed by atoms with E-state index in [2.05, 4.69) is 15.2 Å². The molecule has 0 aliphatic rings. The quantitative estimate of drug-likeness (QED) is 0.354. The van der Waals surface area contributed by atoms with Gasteiger partial charge in [0.1, 0.15) is 0 Å². The van der Waals surface area contributed by atoms with Gasteiger partial charge in [-0.15, -0.1) is 0 Å². The summed E-state index contributed by atoms with van der Waals surface area (Å²) in [4.78, 5) is 19.2. The van der Waals surface area contributed by atoms with Crippen LogP contribution in [0.3, 0.4) is 0 Å². The van der Waals surface area contributed by atoms with Crippen molar-refractivity contribution in [2.75, 3.05) is 19.0 Å². The maximum absolute atomic E-state index is 13.4. The molecule has 34 heavy (non-hydrogen) atoms. The molecule has 0 amide bonds. The number of ketones is 1. The van der Waals surface area contributed by atoms with Crippen molar-refractivity contribution in [3.63, 3.8) is 0 Å². The second-order valence-electron chi connectivity index (χ2n) is 8.53. The molecule has 8 heteroatoms. The first kappa shape index (κ1) is 23.5. The summed E-state index contributed by atoms with van der Waals surface area (Å²) < 4.78 is 40.1. The van der Waals surface area contributed by atoms with E-state index in [4.69, 9.17) is 0 Å². The van der Waals surface area contributed by atoms with E-state index in [0.717, 1.165) is 46.5 Å². The van der Waals surface area contributed by atoms with Crippen molar-refractivity contribution in [3.05, 3.63) is 76.5 Å². The Morgan fingerprint density at radius 2 is 1.82 bits per heavy atom. The highest BCUT2D eigenvalue weighted by Gasteiger charge is 2.32. The van der Waals surface area contributed by atoms with Gasteiger partial charge in [0.15, 0.2) is 11.4 Å². The van der Waals surface area contributed by atoms with Crippen molar-refractivity contribution in [3.8, 4) is 11.3 Å². The highest BCUT2D eigenvalue weighted by Crippen LogP contribution is 2.33. The minimum Gasteiger partial charge on any atom is -0.378 e. The molecule has 0 saturated carbocycles. The van der Waals surface area contributed by atoms with Crippen LogP contribution in [-0.4, -0.2) is 35.1 Å². The van der Waals surface area contributed by atoms with Crippen molar-refractivity contribution >= 4 is 22.5 Å². The number of aromatic nitrogens is 3. The highest BCUT2D eigenvalue weighted by atomic mass is 19.4. The number of nitrogens with zero attached hydrogens (tertiary/aromatic N) is 3. The highest BCUT2D eigenvalue weighted by molar-refractivity contribution is 5.98. The summed E-state index contributed by atoms with van der Waals surface area (Å²) >= 11 is 0. The SMILES string of the molecule is CCc1[nH]nc2nc(-c3cc(CC(=O)c4cc(N(C)C)cc(C(F)(F)F)c4)ccc3C)ccc12. The summed E-state index contributed by atoms with van der Waals surface area (Å²) in [5, 5.41) is 8.25. The van der Waals surface area contributed by atoms with Crippen LogP contribution in [0.4, 0.5) is 18.9 Å². The summed E-state index contributed by atoms with van der Waals surface area (Å²) in [6.45, 7) is 3.99. The smallest absolute Gasteiger partial charge is 0.378 e. The molecular weight excluding hydrogens is 441 g/mol. The van der Waals surface area contributed by atoms with E-state index >= 15 is 0 Å². The second-order valence-corrected chi connectivity index (χ2v) is 8.53. The average Bonchev–Trinajstić information content (AvgIpc) is 3.21. The normalized spacial score (nSPS) is 11.7. The second kappa shape index (κ2) is 8.93. The Labute approximate surface area is 195 Å². The lowest BCUT2D eigenvalue weighted by Crippen LogP contribution is -2.14. The van der Waals surface area contributed by atoms with Crippen molar-refractivity contribution in [1.82, 2.24) is 15.2 Å². The third kappa shape index (κ3) is 4.66. The van der Waals surface area contributed by atoms with Gasteiger partial charge < -0.3 is 4.90 Å². The molecule has 0 aliphatic carbocycles. The van der Waals surface area contributed by atoms with E-state index < -0.39 is 11.7 Å². The molecule has 0 spiro atoms. The summed E-state index contributed by atoms with van der Waals surface area (Å²) in [7, 11) is 3.28. The van der Waals surface area contributed by atoms with Crippen molar-refractivity contribution in [1.29, 1.82) is 0 Å². The van der Waals surface area contributed by atoms with Gasteiger partial charge in [-0.25, -0.2) is 4.98 Å². The number of H-pyrrole nitrogens is 1. The molecule has 0 saturated heterocycles. The monoisotopic (exact) mass is 466 g/mol. The number of pyridine rings is 1. The molecular formula is C26H25F3N4O. The van der Waals surface area contributed by atoms with Gasteiger partial charge in [-0.05, 0) is 60.9 Å². The number of carbonyl (C=O) groups excluding carboxylic acids is 1. The van der Waals surface area contributed by atoms with Crippen LogP contribution < -0.4 is 4.90 Å². The number of carbonyl (C=O) groups is 1. The van der Waals surface area contributed by atoms with E-state index in [0.29, 0.717) is 16.9 Å². The molecule has 0 atom stereocenters. The molecule has 0 unspecified atom stereocenters. The molecule has 176 valence electrons. The first-order valence-electron chi connectivity index (χ1n) is 10.9. The summed E-state index contributed by atoms with van der Waals surface area (Å²) in [5.41, 5.74) is 4.41. The molecule has 2 heterocycles. The zero-order valence-corrected chi connectivity index (χ0v) is 19.4. The topological polar surface area (TPSA) is 61.9 Å². The lowest BCUT2D eigenvalue weighted by Gasteiger charge is -2.17. The Bertz CT molecular complexity index is 1370. The third-order valence-corrected chi connectivity index (χ3v) is 5.88. The van der Waals surface area contributed by atoms with E-state index in [-0.39, 0.29) is 17.8 Å². The zero-order valence-electron chi connectivity index (χ0n) is 19.4. The number of aryl methyl sites for hydroxylation is 2. The fraction of sp³-hybridized carbons (Fsp3) is 0.269. The Morgan fingerprint density at radius 1 is 1.06 bits per heavy atom. The van der Waals surface area contributed by atoms with Crippen LogP contribution in [0.1, 0.15) is 39.7 Å². The first-order valence-corrected chi connectivity index (χ1v) is 10.9. The van der Waals surface area contributed by atoms with Gasteiger partial charge in [-0.1, -0.05) is 19.1 Å². The molecule has 1 N–H and O–H groups in total. The predicted octanol–water partition coefficient (Wildman–Crippen LogP) is 6.01. The number of aromatic amines is 1. The molecule has 0 bridgehead atoms. The van der Waals surface area contributed by atoms with Crippen molar-refractivity contribution in [2.45, 2.75) is 32.9 Å². The van der Waals surface area contributed by atoms with Crippen LogP contribution in [0.2, 0.25) is 0 Å². The lowest BCUT2D eigenvalue weighted by atomic mass is 9.96. The number of nitrogens with one attached hydrogen (secondary N) is 1. The average molecular weight is 467 g/mol. The van der Waals surface area contributed by atoms with Gasteiger partial charge in [0.2, 0.25) is 0 Å². The largest absolute Gasteiger partial charge is 0.416 e. The van der Waals surface area contributed by atoms with Gasteiger partial charge in [0.25, 0.3) is 0 Å². The number of halogens is 3. The minimum atomic E-state index is -4.54. The van der Waals surface area contributed by atoms with Crippen LogP contribution in [0.25, 0.3) is 22.3 Å². The number of anilines is 1. The fourth-order valence-corrected chi connectivity index (χ4v) is 3.91. The fourth-order valence-electron chi connectivity index (χ4n) is 3.91. The number of benzene rings is 2. The predicted molar refractivity (Wildman–Crippen MR) is 127 cm³/mol. The van der Waals surface area contributed by atoms with Crippen LogP contribution in [-0.2, 0) is 19.0 Å². The molecule has 2 aromatic heterocycles. The van der Waals surface area contributed by atoms with E-state index in [9.17, 15) is 18.0 Å². The van der Waals surface area contributed by atoms with Gasteiger partial charge in [-0.2, -0.15) is 18.3 Å². The maximum atomic E-state index is 13.4. The number of alkyl halides is 3. The Balaban J connectivity index is 1.67. The number of rotatable bonds is 6. The molecule has 4 rings (SSSR count). The van der Waals surface area contributed by atoms with Gasteiger partial charge in [0.05, 0.1) is 11.3 Å². The molecule has 0 fully saturated rings. The van der Waals surface area contributed by atoms with Gasteiger partial charge in [0, 0.05) is 48.4 Å². The number of hydrogen-bond acceptors (Lipinski definition) is 4. The van der Waals surface area contributed by atoms with Crippen molar-refractivity contribution in [2.24, 2.45) is 0 Å². The summed E-state index contributed by atoms with van der Waals surface area (Å²) in [6, 6.07) is 12.9. The standard InChI is InChI=1S/C26H25F3N4O/c1-5-22-20-8-9-23(30-25(20)32-31-22)21-10-16(7-6-15(21)2)11-24(34)17-12-18(26(27,28)29)14-19(13-17)33(3)4/h6-10,12-14H,5,11H2,1-4H3,(H,30,31,32). The molecule has 2 aromatic carbocycles. The lowest BCUT2D eigenvalue weighted by molar-refractivity contribution is -0.137. The summed E-state index contributed by atoms with van der Waals surface area (Å²) in [6.07, 6.45) is -3.74. The molecule has 5 nitrogen and oxygen atoms in total. The minimum absolute atomic E-state index is 0.0217.